The number of aldehydes is 1. The number of hydrogen-bond acceptors (Lipinski definition) is 2. The van der Waals surface area contributed by atoms with Crippen molar-refractivity contribution in [2.45, 2.75) is 64.1 Å². The summed E-state index contributed by atoms with van der Waals surface area (Å²) in [6, 6.07) is 0. The summed E-state index contributed by atoms with van der Waals surface area (Å²) in [5.74, 6) is 2.66. The number of ether oxygens (including phenoxy) is 1. The van der Waals surface area contributed by atoms with Crippen molar-refractivity contribution < 1.29 is 9.53 Å². The minimum atomic E-state index is 0.0467. The molecule has 1 heterocycles. The van der Waals surface area contributed by atoms with Gasteiger partial charge in [-0.05, 0) is 52.0 Å². The normalized spacial score (nSPS) is 26.4. The third kappa shape index (κ3) is 5.89. The number of carbonyl (C=O) groups is 1. The Morgan fingerprint density at radius 1 is 1.47 bits per heavy atom. The van der Waals surface area contributed by atoms with Crippen LogP contribution in [0.25, 0.3) is 0 Å². The maximum atomic E-state index is 10.1. The number of hydrogen-bond donors (Lipinski definition) is 0. The number of allylic oxidation sites excluding steroid dienone is 4. The molecule has 0 bridgehead atoms. The second-order valence-electron chi connectivity index (χ2n) is 5.35. The van der Waals surface area contributed by atoms with Crippen molar-refractivity contribution in [3.8, 4) is 12.3 Å². The standard InChI is InChI=1S/C17H24O2/c1-4-5-12-16-17(3,19-16)13-9-11-15(2)10-7-6-8-14-18/h1,6,8,11,14,16H,5,7,9-10,12-13H2,2-3H3/b8-6+,15-11+. The summed E-state index contributed by atoms with van der Waals surface area (Å²) in [5, 5.41) is 0. The molecule has 0 aromatic heterocycles. The Labute approximate surface area is 116 Å². The zero-order valence-electron chi connectivity index (χ0n) is 12.0. The number of terminal acetylenes is 1. The second kappa shape index (κ2) is 7.96. The molecule has 0 spiro atoms. The molecule has 104 valence electrons. The van der Waals surface area contributed by atoms with E-state index in [9.17, 15) is 4.79 Å². The average Bonchev–Trinajstić information content (AvgIpc) is 3.03. The largest absolute Gasteiger partial charge is 0.366 e. The fourth-order valence-electron chi connectivity index (χ4n) is 2.26. The minimum absolute atomic E-state index is 0.0467. The third-order valence-electron chi connectivity index (χ3n) is 3.64. The summed E-state index contributed by atoms with van der Waals surface area (Å²) >= 11 is 0. The molecule has 0 N–H and O–H groups in total. The van der Waals surface area contributed by atoms with E-state index in [0.717, 1.165) is 44.8 Å². The predicted molar refractivity (Wildman–Crippen MR) is 78.8 cm³/mol. The Hall–Kier alpha value is -1.33. The van der Waals surface area contributed by atoms with Crippen molar-refractivity contribution in [1.29, 1.82) is 0 Å². The van der Waals surface area contributed by atoms with Crippen LogP contribution in [0.3, 0.4) is 0 Å². The quantitative estimate of drug-likeness (QED) is 0.207. The van der Waals surface area contributed by atoms with Crippen LogP contribution in [0.4, 0.5) is 0 Å². The molecule has 2 atom stereocenters. The second-order valence-corrected chi connectivity index (χ2v) is 5.35. The van der Waals surface area contributed by atoms with Crippen LogP contribution < -0.4 is 0 Å². The maximum absolute atomic E-state index is 10.1. The van der Waals surface area contributed by atoms with E-state index < -0.39 is 0 Å². The van der Waals surface area contributed by atoms with E-state index in [1.165, 1.54) is 5.57 Å². The smallest absolute Gasteiger partial charge is 0.142 e. The van der Waals surface area contributed by atoms with E-state index in [4.69, 9.17) is 11.2 Å². The molecule has 19 heavy (non-hydrogen) atoms. The van der Waals surface area contributed by atoms with E-state index in [1.54, 1.807) is 6.08 Å². The fourth-order valence-corrected chi connectivity index (χ4v) is 2.26. The van der Waals surface area contributed by atoms with Crippen molar-refractivity contribution in [3.05, 3.63) is 23.8 Å². The van der Waals surface area contributed by atoms with Crippen LogP contribution in [0, 0.1) is 12.3 Å². The number of carbonyl (C=O) groups excluding carboxylic acids is 1. The molecular weight excluding hydrogens is 236 g/mol. The maximum Gasteiger partial charge on any atom is 0.142 e. The molecular formula is C17H24O2. The van der Waals surface area contributed by atoms with Gasteiger partial charge >= 0.3 is 0 Å². The summed E-state index contributed by atoms with van der Waals surface area (Å²) in [7, 11) is 0. The van der Waals surface area contributed by atoms with Crippen LogP contribution in [-0.2, 0) is 9.53 Å². The lowest BCUT2D eigenvalue weighted by Gasteiger charge is -2.04. The van der Waals surface area contributed by atoms with Crippen LogP contribution in [0.2, 0.25) is 0 Å². The van der Waals surface area contributed by atoms with E-state index in [2.05, 4.69) is 25.8 Å². The topological polar surface area (TPSA) is 29.6 Å². The van der Waals surface area contributed by atoms with Gasteiger partial charge in [-0.25, -0.2) is 0 Å². The van der Waals surface area contributed by atoms with Gasteiger partial charge in [-0.3, -0.25) is 4.79 Å². The SMILES string of the molecule is C#CCCC1OC1(C)CC/C=C(\C)CC/C=C/C=O. The Morgan fingerprint density at radius 2 is 2.26 bits per heavy atom. The molecule has 1 aliphatic heterocycles. The van der Waals surface area contributed by atoms with Gasteiger partial charge in [0.25, 0.3) is 0 Å². The van der Waals surface area contributed by atoms with E-state index in [-0.39, 0.29) is 5.60 Å². The van der Waals surface area contributed by atoms with E-state index >= 15 is 0 Å². The van der Waals surface area contributed by atoms with Crippen molar-refractivity contribution >= 4 is 6.29 Å². The van der Waals surface area contributed by atoms with Gasteiger partial charge in [-0.2, -0.15) is 0 Å². The fraction of sp³-hybridized carbons (Fsp3) is 0.588. The lowest BCUT2D eigenvalue weighted by atomic mass is 9.97. The number of rotatable bonds is 9. The van der Waals surface area contributed by atoms with Crippen LogP contribution in [0.15, 0.2) is 23.8 Å². The van der Waals surface area contributed by atoms with Gasteiger partial charge in [-0.15, -0.1) is 12.3 Å². The predicted octanol–water partition coefficient (Wildman–Crippen LogP) is 3.82. The van der Waals surface area contributed by atoms with Gasteiger partial charge < -0.3 is 4.74 Å². The van der Waals surface area contributed by atoms with Crippen molar-refractivity contribution in [3.63, 3.8) is 0 Å². The van der Waals surface area contributed by atoms with Crippen LogP contribution in [0.1, 0.15) is 52.4 Å². The Balaban J connectivity index is 2.17. The molecule has 0 saturated carbocycles. The first-order valence-electron chi connectivity index (χ1n) is 6.99. The molecule has 1 rings (SSSR count). The van der Waals surface area contributed by atoms with Gasteiger partial charge in [0.15, 0.2) is 0 Å². The molecule has 1 aliphatic rings. The van der Waals surface area contributed by atoms with Crippen molar-refractivity contribution in [1.82, 2.24) is 0 Å². The van der Waals surface area contributed by atoms with Gasteiger partial charge in [0.1, 0.15) is 6.29 Å². The highest BCUT2D eigenvalue weighted by Crippen LogP contribution is 2.42. The first-order chi connectivity index (χ1) is 9.12. The Kier molecular flexibility index (Phi) is 6.59. The molecule has 0 amide bonds. The minimum Gasteiger partial charge on any atom is -0.366 e. The van der Waals surface area contributed by atoms with E-state index in [1.807, 2.05) is 6.08 Å². The highest BCUT2D eigenvalue weighted by Gasteiger charge is 2.50. The molecule has 1 fully saturated rings. The van der Waals surface area contributed by atoms with Gasteiger partial charge in [0.2, 0.25) is 0 Å². The number of epoxide rings is 1. The molecule has 0 radical (unpaired) electrons. The Bertz CT molecular complexity index is 387. The highest BCUT2D eigenvalue weighted by molar-refractivity contribution is 5.64. The summed E-state index contributed by atoms with van der Waals surface area (Å²) in [4.78, 5) is 10.1. The molecule has 1 saturated heterocycles. The first-order valence-corrected chi connectivity index (χ1v) is 6.99. The average molecular weight is 260 g/mol. The zero-order valence-corrected chi connectivity index (χ0v) is 12.0. The van der Waals surface area contributed by atoms with Gasteiger partial charge in [-0.1, -0.05) is 17.7 Å². The molecule has 2 heteroatoms. The van der Waals surface area contributed by atoms with Crippen molar-refractivity contribution in [2.24, 2.45) is 0 Å². The molecule has 0 aromatic rings. The molecule has 2 nitrogen and oxygen atoms in total. The summed E-state index contributed by atoms with van der Waals surface area (Å²) < 4.78 is 5.73. The summed E-state index contributed by atoms with van der Waals surface area (Å²) in [5.41, 5.74) is 1.42. The first kappa shape index (κ1) is 15.7. The summed E-state index contributed by atoms with van der Waals surface area (Å²) in [6.07, 6.45) is 18.0. The third-order valence-corrected chi connectivity index (χ3v) is 3.64. The van der Waals surface area contributed by atoms with Gasteiger partial charge in [0, 0.05) is 6.42 Å². The zero-order chi connectivity index (χ0) is 14.1. The van der Waals surface area contributed by atoms with Crippen LogP contribution in [-0.4, -0.2) is 18.0 Å². The van der Waals surface area contributed by atoms with Crippen LogP contribution >= 0.6 is 0 Å². The monoisotopic (exact) mass is 260 g/mol. The summed E-state index contributed by atoms with van der Waals surface area (Å²) in [6.45, 7) is 4.31. The lowest BCUT2D eigenvalue weighted by molar-refractivity contribution is -0.104. The highest BCUT2D eigenvalue weighted by atomic mass is 16.6. The van der Waals surface area contributed by atoms with Crippen LogP contribution in [0.5, 0.6) is 0 Å². The lowest BCUT2D eigenvalue weighted by Crippen LogP contribution is -2.09. The molecule has 2 unspecified atom stereocenters. The molecule has 0 aliphatic carbocycles. The van der Waals surface area contributed by atoms with Gasteiger partial charge in [0.05, 0.1) is 11.7 Å². The molecule has 0 aromatic carbocycles. The van der Waals surface area contributed by atoms with E-state index in [0.29, 0.717) is 6.10 Å². The van der Waals surface area contributed by atoms with Crippen molar-refractivity contribution in [2.75, 3.05) is 0 Å². The Morgan fingerprint density at radius 3 is 2.95 bits per heavy atom.